The van der Waals surface area contributed by atoms with Crippen LogP contribution in [0.3, 0.4) is 0 Å². The van der Waals surface area contributed by atoms with Gasteiger partial charge in [0.25, 0.3) is 0 Å². The van der Waals surface area contributed by atoms with Gasteiger partial charge in [-0.25, -0.2) is 9.97 Å². The van der Waals surface area contributed by atoms with Gasteiger partial charge in [-0.15, -0.1) is 0 Å². The van der Waals surface area contributed by atoms with Crippen LogP contribution in [0.15, 0.2) is 61.1 Å². The number of fused-ring (bicyclic) bond motifs is 1. The number of para-hydroxylation sites is 2. The second-order valence-electron chi connectivity index (χ2n) is 8.50. The maximum atomic E-state index is 4.84. The monoisotopic (exact) mass is 401 g/mol. The lowest BCUT2D eigenvalue weighted by Crippen LogP contribution is -2.38. The van der Waals surface area contributed by atoms with Gasteiger partial charge < -0.3 is 0 Å². The fourth-order valence-electron chi connectivity index (χ4n) is 4.17. The van der Waals surface area contributed by atoms with Crippen molar-refractivity contribution in [3.8, 4) is 11.6 Å². The van der Waals surface area contributed by atoms with Gasteiger partial charge in [0.2, 0.25) is 5.95 Å². The number of rotatable bonds is 7. The number of benzene rings is 2. The molecule has 5 nitrogen and oxygen atoms in total. The highest BCUT2D eigenvalue weighted by Crippen LogP contribution is 2.23. The zero-order chi connectivity index (χ0) is 21.3. The standard InChI is InChI=1S/C25H31N5/c1-18(2)28(19(3)4)15-14-22-16-26-25(30(22)21-12-10-20(5)11-13-21)29-17-27-23-8-6-7-9-24(23)29/h6-13,16-19H,14-15H2,1-5H3. The maximum Gasteiger partial charge on any atom is 0.220 e. The molecular formula is C25H31N5. The summed E-state index contributed by atoms with van der Waals surface area (Å²) in [6, 6.07) is 17.9. The smallest absolute Gasteiger partial charge is 0.220 e. The molecule has 0 atom stereocenters. The Hall–Kier alpha value is -2.92. The molecule has 0 bridgehead atoms. The summed E-state index contributed by atoms with van der Waals surface area (Å²) in [5.41, 5.74) is 5.62. The molecule has 4 aromatic rings. The Morgan fingerprint density at radius 1 is 0.900 bits per heavy atom. The van der Waals surface area contributed by atoms with Gasteiger partial charge in [-0.1, -0.05) is 29.8 Å². The third kappa shape index (κ3) is 3.90. The molecule has 0 fully saturated rings. The predicted octanol–water partition coefficient (Wildman–Crippen LogP) is 5.18. The van der Waals surface area contributed by atoms with Crippen LogP contribution in [-0.4, -0.2) is 42.6 Å². The number of aryl methyl sites for hydroxylation is 1. The summed E-state index contributed by atoms with van der Waals surface area (Å²) >= 11 is 0. The van der Waals surface area contributed by atoms with E-state index in [-0.39, 0.29) is 0 Å². The Bertz CT molecular complexity index is 1110. The molecule has 0 saturated heterocycles. The summed E-state index contributed by atoms with van der Waals surface area (Å²) in [6.45, 7) is 12.2. The van der Waals surface area contributed by atoms with Crippen molar-refractivity contribution < 1.29 is 0 Å². The Kier molecular flexibility index (Phi) is 5.73. The summed E-state index contributed by atoms with van der Waals surface area (Å²) in [6.07, 6.45) is 4.82. The third-order valence-electron chi connectivity index (χ3n) is 5.73. The van der Waals surface area contributed by atoms with E-state index in [1.807, 2.05) is 30.7 Å². The van der Waals surface area contributed by atoms with Crippen molar-refractivity contribution in [1.29, 1.82) is 0 Å². The van der Waals surface area contributed by atoms with Gasteiger partial charge in [-0.2, -0.15) is 0 Å². The minimum Gasteiger partial charge on any atom is -0.298 e. The van der Waals surface area contributed by atoms with Gasteiger partial charge >= 0.3 is 0 Å². The van der Waals surface area contributed by atoms with E-state index in [2.05, 4.69) is 84.0 Å². The zero-order valence-corrected chi connectivity index (χ0v) is 18.6. The minimum absolute atomic E-state index is 0.512. The lowest BCUT2D eigenvalue weighted by Gasteiger charge is -2.30. The second kappa shape index (κ2) is 8.44. The topological polar surface area (TPSA) is 38.9 Å². The van der Waals surface area contributed by atoms with E-state index in [1.54, 1.807) is 0 Å². The normalized spacial score (nSPS) is 12.0. The first kappa shape index (κ1) is 20.4. The quantitative estimate of drug-likeness (QED) is 0.428. The van der Waals surface area contributed by atoms with Crippen molar-refractivity contribution in [3.63, 3.8) is 0 Å². The first-order valence-electron chi connectivity index (χ1n) is 10.8. The van der Waals surface area contributed by atoms with Crippen LogP contribution >= 0.6 is 0 Å². The predicted molar refractivity (Wildman–Crippen MR) is 124 cm³/mol. The highest BCUT2D eigenvalue weighted by atomic mass is 15.3. The van der Waals surface area contributed by atoms with E-state index in [4.69, 9.17) is 4.98 Å². The molecule has 2 aromatic heterocycles. The molecule has 0 amide bonds. The zero-order valence-electron chi connectivity index (χ0n) is 18.6. The molecule has 30 heavy (non-hydrogen) atoms. The van der Waals surface area contributed by atoms with Crippen molar-refractivity contribution >= 4 is 11.0 Å². The molecule has 0 unspecified atom stereocenters. The van der Waals surface area contributed by atoms with E-state index in [0.29, 0.717) is 12.1 Å². The Balaban J connectivity index is 1.79. The van der Waals surface area contributed by atoms with Crippen LogP contribution in [0.4, 0.5) is 0 Å². The molecule has 2 heterocycles. The first-order chi connectivity index (χ1) is 14.5. The van der Waals surface area contributed by atoms with Crippen LogP contribution in [0.2, 0.25) is 0 Å². The second-order valence-corrected chi connectivity index (χ2v) is 8.50. The number of hydrogen-bond acceptors (Lipinski definition) is 3. The van der Waals surface area contributed by atoms with E-state index in [0.717, 1.165) is 35.6 Å². The van der Waals surface area contributed by atoms with Gasteiger partial charge in [0.05, 0.1) is 17.2 Å². The number of imidazole rings is 2. The van der Waals surface area contributed by atoms with Gasteiger partial charge in [0.1, 0.15) is 6.33 Å². The number of aromatic nitrogens is 4. The van der Waals surface area contributed by atoms with Crippen molar-refractivity contribution in [1.82, 2.24) is 24.0 Å². The molecule has 0 saturated carbocycles. The first-order valence-corrected chi connectivity index (χ1v) is 10.8. The molecule has 0 spiro atoms. The average Bonchev–Trinajstić information content (AvgIpc) is 3.32. The van der Waals surface area contributed by atoms with E-state index < -0.39 is 0 Å². The fraction of sp³-hybridized carbons (Fsp3) is 0.360. The van der Waals surface area contributed by atoms with Crippen molar-refractivity contribution in [2.45, 2.75) is 53.1 Å². The Morgan fingerprint density at radius 3 is 2.30 bits per heavy atom. The van der Waals surface area contributed by atoms with Crippen LogP contribution in [0.25, 0.3) is 22.7 Å². The van der Waals surface area contributed by atoms with Crippen molar-refractivity contribution in [3.05, 3.63) is 72.3 Å². The largest absolute Gasteiger partial charge is 0.298 e. The Labute approximate surface area is 179 Å². The van der Waals surface area contributed by atoms with Crippen LogP contribution in [0.1, 0.15) is 39.0 Å². The molecule has 0 aliphatic heterocycles. The van der Waals surface area contributed by atoms with Gasteiger partial charge in [-0.05, 0) is 58.9 Å². The summed E-state index contributed by atoms with van der Waals surface area (Å²) in [7, 11) is 0. The average molecular weight is 402 g/mol. The van der Waals surface area contributed by atoms with Crippen molar-refractivity contribution in [2.24, 2.45) is 0 Å². The van der Waals surface area contributed by atoms with Crippen LogP contribution in [0.5, 0.6) is 0 Å². The molecule has 4 rings (SSSR count). The van der Waals surface area contributed by atoms with E-state index in [1.165, 1.54) is 11.3 Å². The summed E-state index contributed by atoms with van der Waals surface area (Å²) in [5.74, 6) is 0.878. The lowest BCUT2D eigenvalue weighted by molar-refractivity contribution is 0.176. The highest BCUT2D eigenvalue weighted by molar-refractivity contribution is 5.76. The summed E-state index contributed by atoms with van der Waals surface area (Å²) in [5, 5.41) is 0. The van der Waals surface area contributed by atoms with Crippen LogP contribution in [-0.2, 0) is 6.42 Å². The minimum atomic E-state index is 0.512. The van der Waals surface area contributed by atoms with Crippen LogP contribution < -0.4 is 0 Å². The molecule has 0 aliphatic rings. The molecule has 0 N–H and O–H groups in total. The molecular weight excluding hydrogens is 370 g/mol. The van der Waals surface area contributed by atoms with E-state index in [9.17, 15) is 0 Å². The van der Waals surface area contributed by atoms with Gasteiger partial charge in [0, 0.05) is 36.4 Å². The molecule has 156 valence electrons. The maximum absolute atomic E-state index is 4.84. The summed E-state index contributed by atoms with van der Waals surface area (Å²) < 4.78 is 4.35. The summed E-state index contributed by atoms with van der Waals surface area (Å²) in [4.78, 5) is 11.9. The molecule has 0 radical (unpaired) electrons. The lowest BCUT2D eigenvalue weighted by atomic mass is 10.2. The molecule has 0 aliphatic carbocycles. The number of hydrogen-bond donors (Lipinski definition) is 0. The SMILES string of the molecule is Cc1ccc(-n2c(CCN(C(C)C)C(C)C)cnc2-n2cnc3ccccc32)cc1. The highest BCUT2D eigenvalue weighted by Gasteiger charge is 2.18. The van der Waals surface area contributed by atoms with E-state index >= 15 is 0 Å². The van der Waals surface area contributed by atoms with Crippen molar-refractivity contribution in [2.75, 3.05) is 6.54 Å². The van der Waals surface area contributed by atoms with Gasteiger partial charge in [-0.3, -0.25) is 14.0 Å². The Morgan fingerprint density at radius 2 is 1.60 bits per heavy atom. The van der Waals surface area contributed by atoms with Crippen LogP contribution in [0, 0.1) is 6.92 Å². The number of nitrogens with zero attached hydrogens (tertiary/aromatic N) is 5. The molecule has 2 aromatic carbocycles. The van der Waals surface area contributed by atoms with Gasteiger partial charge in [0.15, 0.2) is 0 Å². The third-order valence-corrected chi connectivity index (χ3v) is 5.73. The molecule has 5 heteroatoms. The fourth-order valence-corrected chi connectivity index (χ4v) is 4.17.